The molecule has 0 atom stereocenters. The van der Waals surface area contributed by atoms with Gasteiger partial charge in [0.1, 0.15) is 19.0 Å². The van der Waals surface area contributed by atoms with Gasteiger partial charge in [0.2, 0.25) is 5.75 Å². The molecule has 0 spiro atoms. The van der Waals surface area contributed by atoms with Crippen molar-refractivity contribution in [3.8, 4) is 17.2 Å². The fraction of sp³-hybridized carbons (Fsp3) is 0.364. The summed E-state index contributed by atoms with van der Waals surface area (Å²) in [5.41, 5.74) is 2.76. The average Bonchev–Trinajstić information content (AvgIpc) is 2.96. The summed E-state index contributed by atoms with van der Waals surface area (Å²) in [6.07, 6.45) is 6.19. The third-order valence-corrected chi connectivity index (χ3v) is 6.60. The third-order valence-electron chi connectivity index (χ3n) is 6.60. The number of nitrogens with zero attached hydrogens (tertiary/aromatic N) is 1. The van der Waals surface area contributed by atoms with Crippen LogP contribution in [-0.4, -0.2) is 11.2 Å². The number of unbranched alkanes of at least 4 members (excludes halogenated alkanes) is 4. The van der Waals surface area contributed by atoms with E-state index in [0.717, 1.165) is 66.3 Å². The fourth-order valence-corrected chi connectivity index (χ4v) is 4.45. The summed E-state index contributed by atoms with van der Waals surface area (Å²) < 4.78 is 20.4. The Balaban J connectivity index is 1.74. The van der Waals surface area contributed by atoms with Crippen LogP contribution in [0.2, 0.25) is 0 Å². The predicted molar refractivity (Wildman–Crippen MR) is 154 cm³/mol. The van der Waals surface area contributed by atoms with Crippen LogP contribution in [0.3, 0.4) is 0 Å². The molecule has 4 aromatic rings. The molecule has 200 valence electrons. The van der Waals surface area contributed by atoms with Gasteiger partial charge >= 0.3 is 0 Å². The smallest absolute Gasteiger partial charge is 0.297 e. The lowest BCUT2D eigenvalue weighted by atomic mass is 10.1. The van der Waals surface area contributed by atoms with Gasteiger partial charge in [-0.25, -0.2) is 0 Å². The molecule has 0 radical (unpaired) electrons. The summed E-state index contributed by atoms with van der Waals surface area (Å²) in [4.78, 5) is 13.9. The SMILES string of the molecule is CCCCCCn1c(=O)c(OCc2ccccc2)c(OCCCC)c2ccc(OCc3ccccc3)cc21. The minimum atomic E-state index is -0.156. The molecule has 5 nitrogen and oxygen atoms in total. The second-order valence-electron chi connectivity index (χ2n) is 9.61. The highest BCUT2D eigenvalue weighted by Gasteiger charge is 2.20. The molecule has 0 N–H and O–H groups in total. The molecule has 0 aliphatic carbocycles. The summed E-state index contributed by atoms with van der Waals surface area (Å²) in [6, 6.07) is 25.9. The van der Waals surface area contributed by atoms with Gasteiger partial charge in [0.05, 0.1) is 12.1 Å². The minimum absolute atomic E-state index is 0.156. The van der Waals surface area contributed by atoms with Crippen molar-refractivity contribution in [2.45, 2.75) is 72.1 Å². The van der Waals surface area contributed by atoms with E-state index in [4.69, 9.17) is 14.2 Å². The first kappa shape index (κ1) is 27.3. The zero-order valence-corrected chi connectivity index (χ0v) is 22.7. The standard InChI is InChI=1S/C33H39NO4/c1-3-5-7-14-21-34-30-23-28(37-24-26-15-10-8-11-16-26)19-20-29(30)31(36-22-6-4-2)32(33(34)35)38-25-27-17-12-9-13-18-27/h8-13,15-20,23H,3-7,14,21-22,24-25H2,1-2H3. The van der Waals surface area contributed by atoms with Crippen molar-refractivity contribution in [3.05, 3.63) is 100 Å². The summed E-state index contributed by atoms with van der Waals surface area (Å²) >= 11 is 0. The van der Waals surface area contributed by atoms with Crippen molar-refractivity contribution in [2.75, 3.05) is 6.61 Å². The molecule has 5 heteroatoms. The minimum Gasteiger partial charge on any atom is -0.489 e. The molecule has 3 aromatic carbocycles. The number of hydrogen-bond acceptors (Lipinski definition) is 4. The maximum absolute atomic E-state index is 13.9. The molecule has 0 aliphatic rings. The van der Waals surface area contributed by atoms with Gasteiger partial charge in [-0.3, -0.25) is 4.79 Å². The average molecular weight is 514 g/mol. The number of fused-ring (bicyclic) bond motifs is 1. The molecule has 1 aromatic heterocycles. The molecule has 0 bridgehead atoms. The molecule has 38 heavy (non-hydrogen) atoms. The summed E-state index contributed by atoms with van der Waals surface area (Å²) in [5, 5.41) is 0.867. The third kappa shape index (κ3) is 7.18. The zero-order chi connectivity index (χ0) is 26.6. The molecule has 0 saturated heterocycles. The highest BCUT2D eigenvalue weighted by molar-refractivity contribution is 5.89. The number of pyridine rings is 1. The number of aryl methyl sites for hydroxylation is 1. The number of benzene rings is 3. The molecule has 0 amide bonds. The van der Waals surface area contributed by atoms with Crippen LogP contribution in [0.15, 0.2) is 83.7 Å². The normalized spacial score (nSPS) is 11.0. The van der Waals surface area contributed by atoms with E-state index in [0.29, 0.717) is 32.1 Å². The summed E-state index contributed by atoms with van der Waals surface area (Å²) in [6.45, 7) is 6.23. The van der Waals surface area contributed by atoms with Crippen LogP contribution < -0.4 is 19.8 Å². The van der Waals surface area contributed by atoms with Crippen LogP contribution >= 0.6 is 0 Å². The van der Waals surface area contributed by atoms with Crippen molar-refractivity contribution in [3.63, 3.8) is 0 Å². The van der Waals surface area contributed by atoms with Crippen LogP contribution in [0.4, 0.5) is 0 Å². The Bertz CT molecular complexity index is 1330. The Morgan fingerprint density at radius 2 is 1.32 bits per heavy atom. The van der Waals surface area contributed by atoms with Crippen molar-refractivity contribution in [1.82, 2.24) is 4.57 Å². The molecule has 0 fully saturated rings. The Morgan fingerprint density at radius 3 is 1.97 bits per heavy atom. The lowest BCUT2D eigenvalue weighted by Crippen LogP contribution is -2.24. The largest absolute Gasteiger partial charge is 0.489 e. The topological polar surface area (TPSA) is 49.7 Å². The van der Waals surface area contributed by atoms with Crippen LogP contribution in [0, 0.1) is 0 Å². The van der Waals surface area contributed by atoms with Gasteiger partial charge in [0, 0.05) is 18.0 Å². The van der Waals surface area contributed by atoms with E-state index in [2.05, 4.69) is 13.8 Å². The van der Waals surface area contributed by atoms with Crippen molar-refractivity contribution >= 4 is 10.9 Å². The second-order valence-corrected chi connectivity index (χ2v) is 9.61. The van der Waals surface area contributed by atoms with Gasteiger partial charge in [-0.2, -0.15) is 0 Å². The van der Waals surface area contributed by atoms with Crippen molar-refractivity contribution < 1.29 is 14.2 Å². The summed E-state index contributed by atoms with van der Waals surface area (Å²) in [5.74, 6) is 1.53. The van der Waals surface area contributed by atoms with E-state index in [1.165, 1.54) is 0 Å². The molecule has 1 heterocycles. The molecular weight excluding hydrogens is 474 g/mol. The van der Waals surface area contributed by atoms with Gasteiger partial charge < -0.3 is 18.8 Å². The van der Waals surface area contributed by atoms with E-state index in [-0.39, 0.29) is 11.3 Å². The van der Waals surface area contributed by atoms with Gasteiger partial charge in [0.25, 0.3) is 5.56 Å². The second kappa shape index (κ2) is 14.3. The van der Waals surface area contributed by atoms with Gasteiger partial charge in [-0.15, -0.1) is 0 Å². The number of ether oxygens (including phenoxy) is 3. The monoisotopic (exact) mass is 513 g/mol. The van der Waals surface area contributed by atoms with Crippen molar-refractivity contribution in [2.24, 2.45) is 0 Å². The van der Waals surface area contributed by atoms with E-state index in [1.807, 2.05) is 83.4 Å². The first-order chi connectivity index (χ1) is 18.7. The first-order valence-corrected chi connectivity index (χ1v) is 13.9. The maximum Gasteiger partial charge on any atom is 0.297 e. The van der Waals surface area contributed by atoms with E-state index in [1.54, 1.807) is 0 Å². The summed E-state index contributed by atoms with van der Waals surface area (Å²) in [7, 11) is 0. The van der Waals surface area contributed by atoms with Gasteiger partial charge in [0.15, 0.2) is 5.75 Å². The van der Waals surface area contributed by atoms with E-state index in [9.17, 15) is 4.79 Å². The Hall–Kier alpha value is -3.73. The zero-order valence-electron chi connectivity index (χ0n) is 22.7. The maximum atomic E-state index is 13.9. The number of rotatable bonds is 15. The highest BCUT2D eigenvalue weighted by Crippen LogP contribution is 2.35. The molecular formula is C33H39NO4. The highest BCUT2D eigenvalue weighted by atomic mass is 16.5. The van der Waals surface area contributed by atoms with Crippen LogP contribution in [0.1, 0.15) is 63.5 Å². The van der Waals surface area contributed by atoms with Crippen LogP contribution in [0.5, 0.6) is 17.2 Å². The molecule has 4 rings (SSSR count). The Morgan fingerprint density at radius 1 is 0.658 bits per heavy atom. The Labute approximate surface area is 226 Å². The van der Waals surface area contributed by atoms with Crippen LogP contribution in [0.25, 0.3) is 10.9 Å². The molecule has 0 aliphatic heterocycles. The predicted octanol–water partition coefficient (Wildman–Crippen LogP) is 7.92. The quantitative estimate of drug-likeness (QED) is 0.152. The van der Waals surface area contributed by atoms with Gasteiger partial charge in [-0.1, -0.05) is 100 Å². The number of aromatic nitrogens is 1. The lowest BCUT2D eigenvalue weighted by Gasteiger charge is -2.19. The lowest BCUT2D eigenvalue weighted by molar-refractivity contribution is 0.256. The molecule has 0 unspecified atom stereocenters. The Kier molecular flexibility index (Phi) is 10.3. The number of hydrogen-bond donors (Lipinski definition) is 0. The van der Waals surface area contributed by atoms with Crippen molar-refractivity contribution in [1.29, 1.82) is 0 Å². The molecule has 0 saturated carbocycles. The first-order valence-electron chi connectivity index (χ1n) is 13.9. The van der Waals surface area contributed by atoms with Gasteiger partial charge in [-0.05, 0) is 36.1 Å². The van der Waals surface area contributed by atoms with Crippen LogP contribution in [-0.2, 0) is 19.8 Å². The fourth-order valence-electron chi connectivity index (χ4n) is 4.45. The van der Waals surface area contributed by atoms with E-state index >= 15 is 0 Å². The van der Waals surface area contributed by atoms with E-state index < -0.39 is 0 Å².